The molecule has 0 aliphatic carbocycles. The number of anilines is 1. The fourth-order valence-electron chi connectivity index (χ4n) is 1.81. The molecule has 2 rings (SSSR count). The maximum Gasteiger partial charge on any atom is 0.241 e. The largest absolute Gasteiger partial charge is 0.325 e. The third-order valence-corrected chi connectivity index (χ3v) is 3.65. The second-order valence-corrected chi connectivity index (χ2v) is 5.65. The molecule has 112 valence electrons. The minimum absolute atomic E-state index is 0.145. The minimum atomic E-state index is -0.465. The van der Waals surface area contributed by atoms with E-state index in [-0.39, 0.29) is 5.91 Å². The van der Waals surface area contributed by atoms with Crippen molar-refractivity contribution in [3.63, 3.8) is 0 Å². The number of nitrogens with two attached hydrogens (primary N) is 1. The first-order valence-electron chi connectivity index (χ1n) is 6.66. The summed E-state index contributed by atoms with van der Waals surface area (Å²) in [6.07, 6.45) is 5.85. The van der Waals surface area contributed by atoms with Gasteiger partial charge in [0.2, 0.25) is 5.91 Å². The van der Waals surface area contributed by atoms with Crippen molar-refractivity contribution in [1.82, 2.24) is 14.8 Å². The molecule has 0 saturated carbocycles. The van der Waals surface area contributed by atoms with Crippen LogP contribution in [-0.4, -0.2) is 38.7 Å². The van der Waals surface area contributed by atoms with Gasteiger partial charge in [0.15, 0.2) is 0 Å². The van der Waals surface area contributed by atoms with Gasteiger partial charge in [0, 0.05) is 5.69 Å². The van der Waals surface area contributed by atoms with Gasteiger partial charge in [-0.3, -0.25) is 4.79 Å². The summed E-state index contributed by atoms with van der Waals surface area (Å²) in [5, 5.41) is 6.88. The molecule has 1 aromatic carbocycles. The molecule has 0 radical (unpaired) electrons. The van der Waals surface area contributed by atoms with Crippen molar-refractivity contribution >= 4 is 23.4 Å². The first kappa shape index (κ1) is 15.5. The van der Waals surface area contributed by atoms with Crippen molar-refractivity contribution in [2.75, 3.05) is 17.3 Å². The van der Waals surface area contributed by atoms with E-state index in [1.165, 1.54) is 6.33 Å². The van der Waals surface area contributed by atoms with Crippen molar-refractivity contribution in [3.8, 4) is 0 Å². The molecule has 7 heteroatoms. The molecular weight excluding hydrogens is 286 g/mol. The van der Waals surface area contributed by atoms with Crippen LogP contribution in [0.4, 0.5) is 5.69 Å². The Bertz CT molecular complexity index is 555. The number of nitrogens with zero attached hydrogens (tertiary/aromatic N) is 3. The summed E-state index contributed by atoms with van der Waals surface area (Å²) in [6, 6.07) is 7.17. The van der Waals surface area contributed by atoms with Crippen molar-refractivity contribution < 1.29 is 4.79 Å². The van der Waals surface area contributed by atoms with Crippen LogP contribution in [0.25, 0.3) is 0 Å². The van der Waals surface area contributed by atoms with Crippen LogP contribution in [-0.2, 0) is 11.3 Å². The van der Waals surface area contributed by atoms with E-state index >= 15 is 0 Å². The van der Waals surface area contributed by atoms with Gasteiger partial charge >= 0.3 is 0 Å². The Morgan fingerprint density at radius 2 is 2.19 bits per heavy atom. The second kappa shape index (κ2) is 7.80. The lowest BCUT2D eigenvalue weighted by Crippen LogP contribution is -2.36. The zero-order valence-corrected chi connectivity index (χ0v) is 12.7. The van der Waals surface area contributed by atoms with E-state index in [9.17, 15) is 4.79 Å². The number of nitrogens with one attached hydrogen (secondary N) is 1. The number of amides is 1. The SMILES string of the molecule is CSCC[C@@H](N)C(=O)Nc1ccc(Cn2cncn2)cc1. The molecule has 1 amide bonds. The van der Waals surface area contributed by atoms with Crippen LogP contribution < -0.4 is 11.1 Å². The average Bonchev–Trinajstić information content (AvgIpc) is 2.99. The molecule has 0 bridgehead atoms. The zero-order chi connectivity index (χ0) is 15.1. The van der Waals surface area contributed by atoms with Crippen LogP contribution in [0.3, 0.4) is 0 Å². The van der Waals surface area contributed by atoms with Gasteiger partial charge in [-0.15, -0.1) is 0 Å². The Balaban J connectivity index is 1.88. The molecule has 0 fully saturated rings. The molecule has 6 nitrogen and oxygen atoms in total. The Morgan fingerprint density at radius 1 is 1.43 bits per heavy atom. The number of rotatable bonds is 7. The van der Waals surface area contributed by atoms with E-state index in [1.54, 1.807) is 22.8 Å². The van der Waals surface area contributed by atoms with Crippen LogP contribution in [0.15, 0.2) is 36.9 Å². The number of hydrogen-bond acceptors (Lipinski definition) is 5. The number of benzene rings is 1. The Morgan fingerprint density at radius 3 is 2.81 bits per heavy atom. The van der Waals surface area contributed by atoms with Gasteiger partial charge in [0.1, 0.15) is 12.7 Å². The summed E-state index contributed by atoms with van der Waals surface area (Å²) in [5.74, 6) is 0.735. The van der Waals surface area contributed by atoms with E-state index in [4.69, 9.17) is 5.73 Å². The lowest BCUT2D eigenvalue weighted by molar-refractivity contribution is -0.117. The number of hydrogen-bond donors (Lipinski definition) is 2. The summed E-state index contributed by atoms with van der Waals surface area (Å²) in [6.45, 7) is 0.654. The summed E-state index contributed by atoms with van der Waals surface area (Å²) in [5.41, 5.74) is 7.67. The lowest BCUT2D eigenvalue weighted by Gasteiger charge is -2.12. The highest BCUT2D eigenvalue weighted by molar-refractivity contribution is 7.98. The predicted octanol–water partition coefficient (Wildman–Crippen LogP) is 1.35. The summed E-state index contributed by atoms with van der Waals surface area (Å²) < 4.78 is 1.74. The molecule has 3 N–H and O–H groups in total. The molecule has 1 atom stereocenters. The first-order chi connectivity index (χ1) is 10.2. The Labute approximate surface area is 128 Å². The van der Waals surface area contributed by atoms with Gasteiger partial charge in [-0.25, -0.2) is 9.67 Å². The fraction of sp³-hybridized carbons (Fsp3) is 0.357. The number of aromatic nitrogens is 3. The van der Waals surface area contributed by atoms with Crippen LogP contribution >= 0.6 is 11.8 Å². The standard InChI is InChI=1S/C14H19N5OS/c1-21-7-6-13(15)14(20)18-12-4-2-11(3-5-12)8-19-10-16-9-17-19/h2-5,9-10,13H,6-8,15H2,1H3,(H,18,20)/t13-/m1/s1. The van der Waals surface area contributed by atoms with E-state index in [1.807, 2.05) is 30.5 Å². The monoisotopic (exact) mass is 305 g/mol. The lowest BCUT2D eigenvalue weighted by atomic mass is 10.2. The van der Waals surface area contributed by atoms with E-state index in [2.05, 4.69) is 15.4 Å². The molecule has 21 heavy (non-hydrogen) atoms. The number of carbonyl (C=O) groups is 1. The van der Waals surface area contributed by atoms with Gasteiger partial charge < -0.3 is 11.1 Å². The van der Waals surface area contributed by atoms with Crippen LogP contribution in [0.1, 0.15) is 12.0 Å². The molecule has 2 aromatic rings. The molecule has 0 spiro atoms. The second-order valence-electron chi connectivity index (χ2n) is 4.67. The third kappa shape index (κ3) is 4.87. The highest BCUT2D eigenvalue weighted by Gasteiger charge is 2.12. The summed E-state index contributed by atoms with van der Waals surface area (Å²) in [7, 11) is 0. The zero-order valence-electron chi connectivity index (χ0n) is 11.9. The van der Waals surface area contributed by atoms with E-state index < -0.39 is 6.04 Å². The molecular formula is C14H19N5OS. The quantitative estimate of drug-likeness (QED) is 0.806. The Hall–Kier alpha value is -1.86. The van der Waals surface area contributed by atoms with Crippen molar-refractivity contribution in [3.05, 3.63) is 42.5 Å². The summed E-state index contributed by atoms with van der Waals surface area (Å²) >= 11 is 1.68. The first-order valence-corrected chi connectivity index (χ1v) is 8.05. The molecule has 0 aliphatic heterocycles. The summed E-state index contributed by atoms with van der Waals surface area (Å²) in [4.78, 5) is 15.8. The van der Waals surface area contributed by atoms with Crippen LogP contribution in [0.2, 0.25) is 0 Å². The maximum absolute atomic E-state index is 11.9. The third-order valence-electron chi connectivity index (χ3n) is 3.00. The molecule has 0 unspecified atom stereocenters. The average molecular weight is 305 g/mol. The van der Waals surface area contributed by atoms with Gasteiger partial charge in [0.05, 0.1) is 12.6 Å². The van der Waals surface area contributed by atoms with Gasteiger partial charge in [-0.05, 0) is 36.1 Å². The van der Waals surface area contributed by atoms with Crippen LogP contribution in [0, 0.1) is 0 Å². The van der Waals surface area contributed by atoms with Crippen molar-refractivity contribution in [2.45, 2.75) is 19.0 Å². The van der Waals surface area contributed by atoms with E-state index in [0.717, 1.165) is 17.0 Å². The molecule has 1 heterocycles. The molecule has 1 aromatic heterocycles. The molecule has 0 aliphatic rings. The minimum Gasteiger partial charge on any atom is -0.325 e. The van der Waals surface area contributed by atoms with Crippen LogP contribution in [0.5, 0.6) is 0 Å². The molecule has 0 saturated heterocycles. The highest BCUT2D eigenvalue weighted by atomic mass is 32.2. The highest BCUT2D eigenvalue weighted by Crippen LogP contribution is 2.11. The van der Waals surface area contributed by atoms with Gasteiger partial charge in [-0.1, -0.05) is 12.1 Å². The van der Waals surface area contributed by atoms with E-state index in [0.29, 0.717) is 13.0 Å². The number of thioether (sulfide) groups is 1. The smallest absolute Gasteiger partial charge is 0.241 e. The van der Waals surface area contributed by atoms with Gasteiger partial charge in [0.25, 0.3) is 0 Å². The van der Waals surface area contributed by atoms with Crippen molar-refractivity contribution in [1.29, 1.82) is 0 Å². The predicted molar refractivity (Wildman–Crippen MR) is 85.2 cm³/mol. The van der Waals surface area contributed by atoms with Crippen molar-refractivity contribution in [2.24, 2.45) is 5.73 Å². The Kier molecular flexibility index (Phi) is 5.77. The fourth-order valence-corrected chi connectivity index (χ4v) is 2.30. The normalized spacial score (nSPS) is 12.1. The number of carbonyl (C=O) groups excluding carboxylic acids is 1. The van der Waals surface area contributed by atoms with Gasteiger partial charge in [-0.2, -0.15) is 16.9 Å². The maximum atomic E-state index is 11.9. The topological polar surface area (TPSA) is 85.8 Å².